The van der Waals surface area contributed by atoms with Gasteiger partial charge in [0.1, 0.15) is 5.75 Å². The first kappa shape index (κ1) is 26.5. The van der Waals surface area contributed by atoms with Crippen LogP contribution in [-0.2, 0) is 9.53 Å². The molecule has 1 aliphatic heterocycles. The lowest BCUT2D eigenvalue weighted by atomic mass is 9.97. The van der Waals surface area contributed by atoms with Gasteiger partial charge in [-0.25, -0.2) is 4.39 Å². The molecule has 8 nitrogen and oxygen atoms in total. The zero-order chi connectivity index (χ0) is 26.2. The van der Waals surface area contributed by atoms with Gasteiger partial charge in [-0.15, -0.1) is 10.2 Å². The van der Waals surface area contributed by atoms with E-state index < -0.39 is 11.7 Å². The third kappa shape index (κ3) is 6.79. The Bertz CT molecular complexity index is 1340. The second-order valence-corrected chi connectivity index (χ2v) is 8.74. The number of halogens is 2. The molecule has 2 heterocycles. The summed E-state index contributed by atoms with van der Waals surface area (Å²) in [5, 5.41) is 14.7. The van der Waals surface area contributed by atoms with Crippen molar-refractivity contribution < 1.29 is 23.4 Å². The van der Waals surface area contributed by atoms with Gasteiger partial charge in [0.25, 0.3) is 5.91 Å². The number of nitrogens with zero attached hydrogens (tertiary/aromatic N) is 2. The summed E-state index contributed by atoms with van der Waals surface area (Å²) in [5.74, 6) is 5.69. The predicted molar refractivity (Wildman–Crippen MR) is 141 cm³/mol. The van der Waals surface area contributed by atoms with Crippen molar-refractivity contribution in [3.8, 4) is 23.3 Å². The second kappa shape index (κ2) is 12.6. The van der Waals surface area contributed by atoms with Gasteiger partial charge in [-0.2, -0.15) is 0 Å². The summed E-state index contributed by atoms with van der Waals surface area (Å²) in [7, 11) is 0. The van der Waals surface area contributed by atoms with Crippen molar-refractivity contribution in [3.63, 3.8) is 0 Å². The van der Waals surface area contributed by atoms with Gasteiger partial charge in [-0.3, -0.25) is 4.79 Å². The van der Waals surface area contributed by atoms with Crippen molar-refractivity contribution >= 4 is 45.5 Å². The van der Waals surface area contributed by atoms with Crippen molar-refractivity contribution in [1.29, 1.82) is 0 Å². The van der Waals surface area contributed by atoms with Gasteiger partial charge in [0, 0.05) is 42.8 Å². The Kier molecular flexibility index (Phi) is 8.99. The maximum absolute atomic E-state index is 14.4. The Morgan fingerprint density at radius 1 is 1.14 bits per heavy atom. The number of fused-ring (bicyclic) bond motifs is 1. The first-order chi connectivity index (χ1) is 18.0. The lowest BCUT2D eigenvalue weighted by Crippen LogP contribution is -2.15. The SMILES string of the molecule is CCOc1ccc(Nc2c(Cl)nnc3cc(OCC)c(NC(=O)C#CCC4CCOCC4)cc23)cc1F. The Labute approximate surface area is 219 Å². The minimum Gasteiger partial charge on any atom is -0.492 e. The molecule has 0 unspecified atom stereocenters. The van der Waals surface area contributed by atoms with E-state index in [9.17, 15) is 9.18 Å². The number of anilines is 3. The minimum absolute atomic E-state index is 0.0829. The Balaban J connectivity index is 1.61. The zero-order valence-corrected chi connectivity index (χ0v) is 21.5. The average Bonchev–Trinajstić information content (AvgIpc) is 2.89. The molecule has 2 aromatic carbocycles. The lowest BCUT2D eigenvalue weighted by molar-refractivity contribution is -0.111. The Hall–Kier alpha value is -3.61. The summed E-state index contributed by atoms with van der Waals surface area (Å²) in [6.07, 6.45) is 2.54. The molecule has 1 saturated heterocycles. The van der Waals surface area contributed by atoms with E-state index in [-0.39, 0.29) is 10.9 Å². The van der Waals surface area contributed by atoms with E-state index in [1.165, 1.54) is 12.1 Å². The summed E-state index contributed by atoms with van der Waals surface area (Å²) in [5.41, 5.74) is 1.73. The number of benzene rings is 2. The number of ether oxygens (including phenoxy) is 3. The fraction of sp³-hybridized carbons (Fsp3) is 0.370. The van der Waals surface area contributed by atoms with Crippen LogP contribution in [0.15, 0.2) is 30.3 Å². The van der Waals surface area contributed by atoms with Crippen LogP contribution < -0.4 is 20.1 Å². The molecule has 4 rings (SSSR count). The first-order valence-electron chi connectivity index (χ1n) is 12.2. The van der Waals surface area contributed by atoms with E-state index in [1.807, 2.05) is 6.92 Å². The Morgan fingerprint density at radius 2 is 1.89 bits per heavy atom. The molecule has 37 heavy (non-hydrogen) atoms. The molecule has 1 amide bonds. The number of nitrogens with one attached hydrogen (secondary N) is 2. The van der Waals surface area contributed by atoms with E-state index >= 15 is 0 Å². The molecule has 0 bridgehead atoms. The fourth-order valence-electron chi connectivity index (χ4n) is 3.98. The number of amides is 1. The van der Waals surface area contributed by atoms with E-state index in [2.05, 4.69) is 32.7 Å². The lowest BCUT2D eigenvalue weighted by Gasteiger charge is -2.19. The van der Waals surface area contributed by atoms with Crippen molar-refractivity contribution in [2.45, 2.75) is 33.1 Å². The number of carbonyl (C=O) groups is 1. The van der Waals surface area contributed by atoms with Crippen LogP contribution in [0.25, 0.3) is 10.9 Å². The van der Waals surface area contributed by atoms with Gasteiger partial charge in [-0.05, 0) is 56.7 Å². The highest BCUT2D eigenvalue weighted by Gasteiger charge is 2.17. The van der Waals surface area contributed by atoms with E-state index in [4.69, 9.17) is 25.8 Å². The number of hydrogen-bond donors (Lipinski definition) is 2. The largest absolute Gasteiger partial charge is 0.492 e. The van der Waals surface area contributed by atoms with E-state index in [1.54, 1.807) is 25.1 Å². The van der Waals surface area contributed by atoms with Crippen molar-refractivity contribution in [2.24, 2.45) is 5.92 Å². The van der Waals surface area contributed by atoms with Gasteiger partial charge in [0.15, 0.2) is 16.7 Å². The monoisotopic (exact) mass is 526 g/mol. The standard InChI is InChI=1S/C27H28ClFN4O4/c1-3-36-23-9-8-18(14-20(23)29)30-26-19-15-22(24(37-4-2)16-21(19)32-33-27(26)28)31-25(34)7-5-6-17-10-12-35-13-11-17/h8-9,14-17H,3-4,6,10-13H2,1-2H3,(H,30,32)(H,31,34). The molecule has 3 aromatic rings. The van der Waals surface area contributed by atoms with Crippen molar-refractivity contribution in [3.05, 3.63) is 41.3 Å². The molecule has 0 aliphatic carbocycles. The Morgan fingerprint density at radius 3 is 2.62 bits per heavy atom. The minimum atomic E-state index is -0.514. The van der Waals surface area contributed by atoms with Crippen LogP contribution in [0.4, 0.5) is 21.5 Å². The molecule has 0 atom stereocenters. The molecule has 194 valence electrons. The number of rotatable bonds is 8. The third-order valence-corrected chi connectivity index (χ3v) is 6.07. The summed E-state index contributed by atoms with van der Waals surface area (Å²) >= 11 is 6.37. The van der Waals surface area contributed by atoms with Crippen molar-refractivity contribution in [2.75, 3.05) is 37.1 Å². The average molecular weight is 527 g/mol. The quantitative estimate of drug-likeness (QED) is 0.362. The molecule has 10 heteroatoms. The number of carbonyl (C=O) groups excluding carboxylic acids is 1. The molecular formula is C27H28ClFN4O4. The zero-order valence-electron chi connectivity index (χ0n) is 20.7. The molecule has 0 saturated carbocycles. The summed E-state index contributed by atoms with van der Waals surface area (Å²) < 4.78 is 30.8. The third-order valence-electron chi connectivity index (χ3n) is 5.80. The maximum atomic E-state index is 14.4. The molecule has 2 N–H and O–H groups in total. The predicted octanol–water partition coefficient (Wildman–Crippen LogP) is 5.72. The summed E-state index contributed by atoms with van der Waals surface area (Å²) in [6, 6.07) is 7.86. The van der Waals surface area contributed by atoms with Crippen LogP contribution in [0.1, 0.15) is 33.1 Å². The topological polar surface area (TPSA) is 94.6 Å². The van der Waals surface area contributed by atoms with Gasteiger partial charge in [0.05, 0.1) is 30.1 Å². The van der Waals surface area contributed by atoms with Gasteiger partial charge >= 0.3 is 0 Å². The van der Waals surface area contributed by atoms with Gasteiger partial charge in [-0.1, -0.05) is 17.5 Å². The van der Waals surface area contributed by atoms with Crippen molar-refractivity contribution in [1.82, 2.24) is 10.2 Å². The maximum Gasteiger partial charge on any atom is 0.300 e. The molecule has 1 fully saturated rings. The fourth-order valence-corrected chi connectivity index (χ4v) is 4.16. The number of aromatic nitrogens is 2. The molecule has 0 spiro atoms. The van der Waals surface area contributed by atoms with Gasteiger partial charge in [0.2, 0.25) is 0 Å². The highest BCUT2D eigenvalue weighted by Crippen LogP contribution is 2.37. The number of hydrogen-bond acceptors (Lipinski definition) is 7. The summed E-state index contributed by atoms with van der Waals surface area (Å²) in [4.78, 5) is 12.6. The van der Waals surface area contributed by atoms with Crippen LogP contribution in [0.5, 0.6) is 11.5 Å². The van der Waals surface area contributed by atoms with Crippen LogP contribution in [0.3, 0.4) is 0 Å². The second-order valence-electron chi connectivity index (χ2n) is 8.38. The normalized spacial score (nSPS) is 13.5. The molecular weight excluding hydrogens is 499 g/mol. The highest BCUT2D eigenvalue weighted by molar-refractivity contribution is 6.33. The molecule has 1 aromatic heterocycles. The van der Waals surface area contributed by atoms with Crippen LogP contribution in [-0.4, -0.2) is 42.5 Å². The van der Waals surface area contributed by atoms with Crippen LogP contribution >= 0.6 is 11.6 Å². The van der Waals surface area contributed by atoms with Crippen LogP contribution in [0, 0.1) is 23.6 Å². The summed E-state index contributed by atoms with van der Waals surface area (Å²) in [6.45, 7) is 5.82. The first-order valence-corrected chi connectivity index (χ1v) is 12.6. The molecule has 0 radical (unpaired) electrons. The van der Waals surface area contributed by atoms with E-state index in [0.717, 1.165) is 26.1 Å². The van der Waals surface area contributed by atoms with Gasteiger partial charge < -0.3 is 24.8 Å². The van der Waals surface area contributed by atoms with E-state index in [0.29, 0.717) is 59.3 Å². The smallest absolute Gasteiger partial charge is 0.300 e. The molecule has 1 aliphatic rings. The van der Waals surface area contributed by atoms with Crippen LogP contribution in [0.2, 0.25) is 5.15 Å². The highest BCUT2D eigenvalue weighted by atomic mass is 35.5.